The van der Waals surface area contributed by atoms with Crippen LogP contribution in [-0.4, -0.2) is 14.1 Å². The highest BCUT2D eigenvalue weighted by Gasteiger charge is 2.21. The van der Waals surface area contributed by atoms with E-state index in [1.165, 1.54) is 66.9 Å². The molecule has 0 spiro atoms. The van der Waals surface area contributed by atoms with Crippen molar-refractivity contribution in [2.45, 2.75) is 62.3 Å². The van der Waals surface area contributed by atoms with Crippen molar-refractivity contribution in [2.24, 2.45) is 0 Å². The van der Waals surface area contributed by atoms with Crippen LogP contribution in [0.25, 0.3) is 11.1 Å². The lowest BCUT2D eigenvalue weighted by Gasteiger charge is -2.28. The van der Waals surface area contributed by atoms with E-state index in [2.05, 4.69) is 81.3 Å². The monoisotopic (exact) mass is 323 g/mol. The summed E-state index contributed by atoms with van der Waals surface area (Å²) in [6, 6.07) is 0. The summed E-state index contributed by atoms with van der Waals surface area (Å²) in [6.07, 6.45) is 0. The van der Waals surface area contributed by atoms with Crippen molar-refractivity contribution in [3.8, 4) is 11.1 Å². The largest absolute Gasteiger partial charge is 0.377 e. The van der Waals surface area contributed by atoms with Gasteiger partial charge in [0.05, 0.1) is 0 Å². The van der Waals surface area contributed by atoms with Crippen LogP contribution in [0.2, 0.25) is 0 Å². The molecule has 2 rings (SSSR count). The van der Waals surface area contributed by atoms with Crippen LogP contribution in [0.1, 0.15) is 50.1 Å². The Hall–Kier alpha value is -1.76. The average molecular weight is 324 g/mol. The molecule has 0 aromatic heterocycles. The van der Waals surface area contributed by atoms with Gasteiger partial charge in [-0.2, -0.15) is 0 Å². The number of anilines is 1. The number of hydrogen-bond acceptors (Lipinski definition) is 1. The minimum atomic E-state index is 1.37. The van der Waals surface area contributed by atoms with E-state index in [0.29, 0.717) is 0 Å². The summed E-state index contributed by atoms with van der Waals surface area (Å²) in [4.78, 5) is 2.25. The molecule has 0 radical (unpaired) electrons. The van der Waals surface area contributed by atoms with E-state index in [1.54, 1.807) is 0 Å². The van der Waals surface area contributed by atoms with Crippen molar-refractivity contribution in [3.05, 3.63) is 50.1 Å². The molecule has 0 aliphatic rings. The molecular formula is C23H33N. The molecule has 0 fully saturated rings. The first-order valence-corrected chi connectivity index (χ1v) is 8.87. The van der Waals surface area contributed by atoms with Crippen LogP contribution in [0.3, 0.4) is 0 Å². The lowest BCUT2D eigenvalue weighted by Crippen LogP contribution is -2.15. The fraction of sp³-hybridized carbons (Fsp3) is 0.478. The van der Waals surface area contributed by atoms with Crippen LogP contribution in [0.4, 0.5) is 5.69 Å². The molecule has 2 aromatic carbocycles. The molecule has 0 N–H and O–H groups in total. The fourth-order valence-corrected chi connectivity index (χ4v) is 4.21. The highest BCUT2D eigenvalue weighted by atomic mass is 15.1. The zero-order valence-electron chi connectivity index (χ0n) is 17.4. The Morgan fingerprint density at radius 1 is 0.375 bits per heavy atom. The predicted octanol–water partition coefficient (Wildman–Crippen LogP) is 6.20. The third kappa shape index (κ3) is 2.55. The molecular weight excluding hydrogens is 290 g/mol. The van der Waals surface area contributed by atoms with Crippen LogP contribution >= 0.6 is 0 Å². The SMILES string of the molecule is Cc1c(C)c(C)c(-c2c(C)c(C)c(N(C)C)c(C)c2C)c(C)c1C. The lowest BCUT2D eigenvalue weighted by atomic mass is 9.80. The van der Waals surface area contributed by atoms with Gasteiger partial charge in [0.15, 0.2) is 0 Å². The molecule has 1 heteroatoms. The standard InChI is InChI=1S/C23H33N/c1-12-13(2)15(4)21(16(5)14(12)3)22-17(6)19(8)23(24(10)11)20(9)18(22)7/h1-11H3. The van der Waals surface area contributed by atoms with Gasteiger partial charge in [-0.15, -0.1) is 0 Å². The molecule has 0 unspecified atom stereocenters. The van der Waals surface area contributed by atoms with Gasteiger partial charge in [0, 0.05) is 19.8 Å². The van der Waals surface area contributed by atoms with Crippen LogP contribution in [0.15, 0.2) is 0 Å². The zero-order valence-corrected chi connectivity index (χ0v) is 17.4. The van der Waals surface area contributed by atoms with Crippen LogP contribution in [0, 0.1) is 62.3 Å². The minimum absolute atomic E-state index is 1.37. The number of hydrogen-bond donors (Lipinski definition) is 0. The summed E-state index contributed by atoms with van der Waals surface area (Å²) < 4.78 is 0. The van der Waals surface area contributed by atoms with Gasteiger partial charge in [-0.1, -0.05) is 0 Å². The van der Waals surface area contributed by atoms with Gasteiger partial charge in [-0.3, -0.25) is 0 Å². The fourth-order valence-electron chi connectivity index (χ4n) is 4.21. The van der Waals surface area contributed by atoms with Gasteiger partial charge >= 0.3 is 0 Å². The second-order valence-corrected chi connectivity index (χ2v) is 7.62. The van der Waals surface area contributed by atoms with Gasteiger partial charge in [0.2, 0.25) is 0 Å². The molecule has 0 amide bonds. The van der Waals surface area contributed by atoms with Crippen LogP contribution < -0.4 is 4.90 Å². The van der Waals surface area contributed by atoms with E-state index in [4.69, 9.17) is 0 Å². The first-order valence-electron chi connectivity index (χ1n) is 8.87. The van der Waals surface area contributed by atoms with Crippen molar-refractivity contribution in [1.29, 1.82) is 0 Å². The Balaban J connectivity index is 3.01. The number of nitrogens with zero attached hydrogens (tertiary/aromatic N) is 1. The Bertz CT molecular complexity index is 765. The van der Waals surface area contributed by atoms with Crippen molar-refractivity contribution < 1.29 is 0 Å². The number of benzene rings is 2. The third-order valence-corrected chi connectivity index (χ3v) is 6.28. The maximum atomic E-state index is 2.29. The minimum Gasteiger partial charge on any atom is -0.377 e. The third-order valence-electron chi connectivity index (χ3n) is 6.28. The number of rotatable bonds is 2. The van der Waals surface area contributed by atoms with Gasteiger partial charge < -0.3 is 4.90 Å². The highest BCUT2D eigenvalue weighted by molar-refractivity contribution is 5.84. The van der Waals surface area contributed by atoms with Gasteiger partial charge in [0.1, 0.15) is 0 Å². The highest BCUT2D eigenvalue weighted by Crippen LogP contribution is 2.42. The van der Waals surface area contributed by atoms with Gasteiger partial charge in [0.25, 0.3) is 0 Å². The summed E-state index contributed by atoms with van der Waals surface area (Å²) in [5.41, 5.74) is 17.0. The van der Waals surface area contributed by atoms with E-state index < -0.39 is 0 Å². The molecule has 0 saturated carbocycles. The summed E-state index contributed by atoms with van der Waals surface area (Å²) in [6.45, 7) is 20.4. The van der Waals surface area contributed by atoms with E-state index in [9.17, 15) is 0 Å². The lowest BCUT2D eigenvalue weighted by molar-refractivity contribution is 1.07. The van der Waals surface area contributed by atoms with E-state index >= 15 is 0 Å². The molecule has 0 aliphatic carbocycles. The van der Waals surface area contributed by atoms with Crippen molar-refractivity contribution >= 4 is 5.69 Å². The van der Waals surface area contributed by atoms with E-state index in [0.717, 1.165) is 0 Å². The van der Waals surface area contributed by atoms with Gasteiger partial charge in [-0.25, -0.2) is 0 Å². The quantitative estimate of drug-likeness (QED) is 0.636. The molecule has 1 nitrogen and oxygen atoms in total. The Kier molecular flexibility index (Phi) is 4.86. The Morgan fingerprint density at radius 2 is 0.625 bits per heavy atom. The topological polar surface area (TPSA) is 3.24 Å². The maximum Gasteiger partial charge on any atom is 0.0426 e. The molecule has 0 bridgehead atoms. The Morgan fingerprint density at radius 3 is 0.917 bits per heavy atom. The second kappa shape index (κ2) is 6.27. The summed E-state index contributed by atoms with van der Waals surface area (Å²) >= 11 is 0. The molecule has 0 atom stereocenters. The molecule has 0 saturated heterocycles. The molecule has 0 heterocycles. The predicted molar refractivity (Wildman–Crippen MR) is 109 cm³/mol. The maximum absolute atomic E-state index is 2.29. The first kappa shape index (κ1) is 18.6. The second-order valence-electron chi connectivity index (χ2n) is 7.62. The van der Waals surface area contributed by atoms with Crippen molar-refractivity contribution in [2.75, 3.05) is 19.0 Å². The average Bonchev–Trinajstić information content (AvgIpc) is 2.52. The van der Waals surface area contributed by atoms with Crippen LogP contribution in [0.5, 0.6) is 0 Å². The normalized spacial score (nSPS) is 11.1. The van der Waals surface area contributed by atoms with Gasteiger partial charge in [-0.05, 0) is 124 Å². The smallest absolute Gasteiger partial charge is 0.0426 e. The summed E-state index contributed by atoms with van der Waals surface area (Å²) in [7, 11) is 4.29. The Labute approximate surface area is 148 Å². The molecule has 24 heavy (non-hydrogen) atoms. The first-order chi connectivity index (χ1) is 11.0. The van der Waals surface area contributed by atoms with E-state index in [1.807, 2.05) is 0 Å². The van der Waals surface area contributed by atoms with Crippen LogP contribution in [-0.2, 0) is 0 Å². The zero-order chi connectivity index (χ0) is 18.5. The summed E-state index contributed by atoms with van der Waals surface area (Å²) in [5.74, 6) is 0. The van der Waals surface area contributed by atoms with E-state index in [-0.39, 0.29) is 0 Å². The van der Waals surface area contributed by atoms with Crippen molar-refractivity contribution in [3.63, 3.8) is 0 Å². The summed E-state index contributed by atoms with van der Waals surface area (Å²) in [5, 5.41) is 0. The van der Waals surface area contributed by atoms with Crippen molar-refractivity contribution in [1.82, 2.24) is 0 Å². The molecule has 2 aromatic rings. The molecule has 0 aliphatic heterocycles. The molecule has 130 valence electrons.